The molecule has 124 valence electrons. The zero-order valence-electron chi connectivity index (χ0n) is 13.9. The normalized spacial score (nSPS) is 15.8. The van der Waals surface area contributed by atoms with Crippen LogP contribution in [0.5, 0.6) is 0 Å². The number of nitrogens with zero attached hydrogens (tertiary/aromatic N) is 1. The highest BCUT2D eigenvalue weighted by Gasteiger charge is 2.25. The molecule has 0 radical (unpaired) electrons. The van der Waals surface area contributed by atoms with Gasteiger partial charge in [-0.2, -0.15) is 0 Å². The van der Waals surface area contributed by atoms with Crippen LogP contribution in [0.25, 0.3) is 10.4 Å². The predicted molar refractivity (Wildman–Crippen MR) is 94.9 cm³/mol. The molecule has 0 saturated carbocycles. The van der Waals surface area contributed by atoms with Gasteiger partial charge in [0.25, 0.3) is 6.43 Å². The van der Waals surface area contributed by atoms with E-state index in [1.807, 2.05) is 25.1 Å². The first-order valence-electron chi connectivity index (χ1n) is 8.29. The maximum Gasteiger partial charge on any atom is 0.264 e. The lowest BCUT2D eigenvalue weighted by molar-refractivity contribution is 0.152. The molecule has 0 fully saturated rings. The number of benzene rings is 1. The number of aryl methyl sites for hydroxylation is 2. The lowest BCUT2D eigenvalue weighted by atomic mass is 9.93. The summed E-state index contributed by atoms with van der Waals surface area (Å²) in [7, 11) is 0. The molecule has 0 saturated heterocycles. The van der Waals surface area contributed by atoms with Crippen molar-refractivity contribution in [2.45, 2.75) is 52.5 Å². The van der Waals surface area contributed by atoms with Crippen LogP contribution < -0.4 is 4.90 Å². The first kappa shape index (κ1) is 16.4. The van der Waals surface area contributed by atoms with E-state index in [9.17, 15) is 8.78 Å². The van der Waals surface area contributed by atoms with Crippen LogP contribution in [0.2, 0.25) is 0 Å². The van der Waals surface area contributed by atoms with Crippen LogP contribution >= 0.6 is 11.3 Å². The molecular formula is C19H23F2NS. The van der Waals surface area contributed by atoms with Crippen molar-refractivity contribution in [1.82, 2.24) is 0 Å². The van der Waals surface area contributed by atoms with Crippen molar-refractivity contribution in [3.63, 3.8) is 0 Å². The lowest BCUT2D eigenvalue weighted by Gasteiger charge is -2.36. The number of halogens is 2. The first-order valence-corrected chi connectivity index (χ1v) is 9.11. The zero-order valence-corrected chi connectivity index (χ0v) is 14.7. The Bertz CT molecular complexity index is 693. The molecule has 1 aromatic heterocycles. The number of alkyl halides is 2. The summed E-state index contributed by atoms with van der Waals surface area (Å²) < 4.78 is 27.4. The molecule has 1 atom stereocenters. The molecule has 2 aromatic rings. The topological polar surface area (TPSA) is 3.24 Å². The van der Waals surface area contributed by atoms with Gasteiger partial charge in [-0.3, -0.25) is 0 Å². The second-order valence-electron chi connectivity index (χ2n) is 6.33. The number of rotatable bonds is 4. The van der Waals surface area contributed by atoms with E-state index in [1.165, 1.54) is 5.56 Å². The number of fused-ring (bicyclic) bond motifs is 1. The summed E-state index contributed by atoms with van der Waals surface area (Å²) in [5.41, 5.74) is 3.10. The van der Waals surface area contributed by atoms with Crippen molar-refractivity contribution < 1.29 is 8.78 Å². The first-order chi connectivity index (χ1) is 11.0. The van der Waals surface area contributed by atoms with E-state index < -0.39 is 6.43 Å². The molecule has 0 spiro atoms. The van der Waals surface area contributed by atoms with E-state index in [1.54, 1.807) is 17.4 Å². The van der Waals surface area contributed by atoms with Crippen LogP contribution in [0, 0.1) is 6.92 Å². The van der Waals surface area contributed by atoms with Crippen LogP contribution in [-0.2, 0) is 6.42 Å². The van der Waals surface area contributed by atoms with Crippen LogP contribution in [-0.4, -0.2) is 12.6 Å². The average molecular weight is 335 g/mol. The Labute approximate surface area is 140 Å². The summed E-state index contributed by atoms with van der Waals surface area (Å²) in [6.07, 6.45) is 0.644. The Balaban J connectivity index is 2.13. The van der Waals surface area contributed by atoms with Crippen molar-refractivity contribution in [2.24, 2.45) is 0 Å². The van der Waals surface area contributed by atoms with Gasteiger partial charge >= 0.3 is 0 Å². The summed E-state index contributed by atoms with van der Waals surface area (Å²) in [4.78, 5) is 4.40. The van der Waals surface area contributed by atoms with Gasteiger partial charge in [-0.15, -0.1) is 11.3 Å². The van der Waals surface area contributed by atoms with Crippen LogP contribution in [0.4, 0.5) is 14.5 Å². The molecule has 0 bridgehead atoms. The number of hydrogen-bond donors (Lipinski definition) is 0. The molecule has 0 amide bonds. The molecule has 1 nitrogen and oxygen atoms in total. The fraction of sp³-hybridized carbons (Fsp3) is 0.474. The molecule has 1 unspecified atom stereocenters. The average Bonchev–Trinajstić information content (AvgIpc) is 2.98. The monoisotopic (exact) mass is 335 g/mol. The van der Waals surface area contributed by atoms with E-state index in [0.29, 0.717) is 11.6 Å². The summed E-state index contributed by atoms with van der Waals surface area (Å²) >= 11 is 1.59. The lowest BCUT2D eigenvalue weighted by Crippen LogP contribution is -2.37. The summed E-state index contributed by atoms with van der Waals surface area (Å²) in [5.74, 6) is 0. The summed E-state index contributed by atoms with van der Waals surface area (Å²) in [6, 6.07) is 8.10. The Kier molecular flexibility index (Phi) is 4.72. The molecule has 1 aromatic carbocycles. The minimum Gasteiger partial charge on any atom is -0.369 e. The highest BCUT2D eigenvalue weighted by Crippen LogP contribution is 2.41. The van der Waals surface area contributed by atoms with E-state index >= 15 is 0 Å². The highest BCUT2D eigenvalue weighted by atomic mass is 32.1. The minimum absolute atomic E-state index is 0.167. The van der Waals surface area contributed by atoms with Gasteiger partial charge in [0.15, 0.2) is 0 Å². The summed E-state index contributed by atoms with van der Waals surface area (Å²) in [6.45, 7) is 7.30. The fourth-order valence-electron chi connectivity index (χ4n) is 3.33. The molecule has 2 heterocycles. The van der Waals surface area contributed by atoms with Crippen molar-refractivity contribution >= 4 is 17.0 Å². The fourth-order valence-corrected chi connectivity index (χ4v) is 4.23. The summed E-state index contributed by atoms with van der Waals surface area (Å²) in [5, 5.41) is 0. The smallest absolute Gasteiger partial charge is 0.264 e. The number of hydrogen-bond acceptors (Lipinski definition) is 2. The van der Waals surface area contributed by atoms with Crippen LogP contribution in [0.15, 0.2) is 24.3 Å². The van der Waals surface area contributed by atoms with Gasteiger partial charge in [-0.05, 0) is 62.9 Å². The Morgan fingerprint density at radius 3 is 2.65 bits per heavy atom. The molecule has 4 heteroatoms. The molecule has 3 rings (SSSR count). The second-order valence-corrected chi connectivity index (χ2v) is 7.62. The number of anilines is 1. The molecule has 0 aliphatic carbocycles. The van der Waals surface area contributed by atoms with Crippen molar-refractivity contribution in [2.75, 3.05) is 11.4 Å². The van der Waals surface area contributed by atoms with E-state index in [0.717, 1.165) is 41.2 Å². The second kappa shape index (κ2) is 6.60. The van der Waals surface area contributed by atoms with Crippen molar-refractivity contribution in [3.05, 3.63) is 40.3 Å². The Morgan fingerprint density at radius 2 is 2.04 bits per heavy atom. The third kappa shape index (κ3) is 3.14. The van der Waals surface area contributed by atoms with E-state index in [-0.39, 0.29) is 5.56 Å². The van der Waals surface area contributed by atoms with Crippen LogP contribution in [0.3, 0.4) is 0 Å². The number of thiophene rings is 1. The van der Waals surface area contributed by atoms with Crippen molar-refractivity contribution in [1.29, 1.82) is 0 Å². The highest BCUT2D eigenvalue weighted by molar-refractivity contribution is 7.15. The molecule has 0 N–H and O–H groups in total. The van der Waals surface area contributed by atoms with Gasteiger partial charge in [0.05, 0.1) is 0 Å². The van der Waals surface area contributed by atoms with E-state index in [2.05, 4.69) is 18.7 Å². The predicted octanol–water partition coefficient (Wildman–Crippen LogP) is 6.21. The van der Waals surface area contributed by atoms with Crippen molar-refractivity contribution in [3.8, 4) is 10.4 Å². The van der Waals surface area contributed by atoms with Gasteiger partial charge in [0.1, 0.15) is 0 Å². The standard InChI is InChI=1S/C19H23F2NS/c1-4-12(2)22-9-5-6-14-10-15(18-8-7-13(3)23-18)16(19(20)21)11-17(14)22/h7-8,10-12,19H,4-6,9H2,1-3H3. The molecule has 23 heavy (non-hydrogen) atoms. The van der Waals surface area contributed by atoms with Gasteiger partial charge in [0.2, 0.25) is 0 Å². The molecular weight excluding hydrogens is 312 g/mol. The van der Waals surface area contributed by atoms with Gasteiger partial charge in [-0.1, -0.05) is 6.92 Å². The van der Waals surface area contributed by atoms with E-state index in [4.69, 9.17) is 0 Å². The molecule has 1 aliphatic heterocycles. The SMILES string of the molecule is CCC(C)N1CCCc2cc(-c3ccc(C)s3)c(C(F)F)cc21. The van der Waals surface area contributed by atoms with Gasteiger partial charge in [-0.25, -0.2) is 8.78 Å². The maximum atomic E-state index is 13.7. The third-order valence-electron chi connectivity index (χ3n) is 4.77. The zero-order chi connectivity index (χ0) is 16.6. The van der Waals surface area contributed by atoms with Crippen LogP contribution in [0.1, 0.15) is 49.1 Å². The third-order valence-corrected chi connectivity index (χ3v) is 5.80. The van der Waals surface area contributed by atoms with Gasteiger partial charge < -0.3 is 4.90 Å². The maximum absolute atomic E-state index is 13.7. The molecule has 1 aliphatic rings. The Hall–Kier alpha value is -1.42. The largest absolute Gasteiger partial charge is 0.369 e. The van der Waals surface area contributed by atoms with Gasteiger partial charge in [0, 0.05) is 39.2 Å². The minimum atomic E-state index is -2.45. The quantitative estimate of drug-likeness (QED) is 0.642. The Morgan fingerprint density at radius 1 is 1.26 bits per heavy atom.